The van der Waals surface area contributed by atoms with Gasteiger partial charge in [0.05, 0.1) is 24.7 Å². The first kappa shape index (κ1) is 20.8. The average Bonchev–Trinajstić information content (AvgIpc) is 3.15. The van der Waals surface area contributed by atoms with Crippen molar-refractivity contribution in [2.75, 3.05) is 12.4 Å². The van der Waals surface area contributed by atoms with Gasteiger partial charge >= 0.3 is 0 Å². The summed E-state index contributed by atoms with van der Waals surface area (Å²) in [6.45, 7) is 6.10. The third-order valence-electron chi connectivity index (χ3n) is 6.01. The Bertz CT molecular complexity index is 1380. The van der Waals surface area contributed by atoms with E-state index < -0.39 is 0 Å². The van der Waals surface area contributed by atoms with Crippen LogP contribution in [0.1, 0.15) is 40.3 Å². The van der Waals surface area contributed by atoms with Crippen LogP contribution >= 0.6 is 0 Å². The van der Waals surface area contributed by atoms with Crippen LogP contribution in [0.4, 0.5) is 5.82 Å². The highest BCUT2D eigenvalue weighted by Crippen LogP contribution is 2.41. The molecule has 1 N–H and O–H groups in total. The molecule has 8 nitrogen and oxygen atoms in total. The number of carbonyl (C=O) groups excluding carboxylic acids is 1. The second-order valence-corrected chi connectivity index (χ2v) is 8.30. The molecule has 1 aliphatic rings. The predicted molar refractivity (Wildman–Crippen MR) is 125 cm³/mol. The Kier molecular flexibility index (Phi) is 5.12. The van der Waals surface area contributed by atoms with Gasteiger partial charge in [-0.3, -0.25) is 4.79 Å². The molecule has 8 heteroatoms. The van der Waals surface area contributed by atoms with Gasteiger partial charge in [-0.15, -0.1) is 5.10 Å². The van der Waals surface area contributed by atoms with Gasteiger partial charge in [-0.1, -0.05) is 35.9 Å². The first-order valence-electron chi connectivity index (χ1n) is 10.8. The number of benzene rings is 2. The Balaban J connectivity index is 1.61. The lowest BCUT2D eigenvalue weighted by atomic mass is 9.83. The van der Waals surface area contributed by atoms with Crippen LogP contribution in [-0.4, -0.2) is 38.0 Å². The molecule has 2 aromatic heterocycles. The van der Waals surface area contributed by atoms with Gasteiger partial charge in [-0.2, -0.15) is 14.9 Å². The number of ether oxygens (including phenoxy) is 1. The summed E-state index contributed by atoms with van der Waals surface area (Å²) in [6.07, 6.45) is 1.96. The number of aromatic nitrogens is 5. The fraction of sp³-hybridized carbons (Fsp3) is 0.240. The number of aryl methyl sites for hydroxylation is 3. The van der Waals surface area contributed by atoms with Crippen LogP contribution in [0.5, 0.6) is 5.75 Å². The number of hydrogen-bond donors (Lipinski definition) is 1. The second-order valence-electron chi connectivity index (χ2n) is 8.30. The van der Waals surface area contributed by atoms with Crippen LogP contribution in [0.2, 0.25) is 0 Å². The van der Waals surface area contributed by atoms with Crippen molar-refractivity contribution in [3.05, 3.63) is 76.6 Å². The highest BCUT2D eigenvalue weighted by atomic mass is 16.5. The van der Waals surface area contributed by atoms with E-state index in [4.69, 9.17) is 9.84 Å². The molecular formula is C25H24N6O2. The van der Waals surface area contributed by atoms with E-state index >= 15 is 0 Å². The highest BCUT2D eigenvalue weighted by Gasteiger charge is 2.34. The van der Waals surface area contributed by atoms with Crippen LogP contribution < -0.4 is 10.1 Å². The van der Waals surface area contributed by atoms with Gasteiger partial charge in [0, 0.05) is 23.5 Å². The van der Waals surface area contributed by atoms with Crippen LogP contribution in [0.3, 0.4) is 0 Å². The SMILES string of the molecule is COc1cccc(-c2cnnc(-n3nc(C)c4c3NC(=O)CC4c3ccc(C)cc3C)n2)c1. The second kappa shape index (κ2) is 8.12. The topological polar surface area (TPSA) is 94.8 Å². The van der Waals surface area contributed by atoms with Gasteiger partial charge in [0.2, 0.25) is 5.91 Å². The first-order valence-corrected chi connectivity index (χ1v) is 10.8. The summed E-state index contributed by atoms with van der Waals surface area (Å²) in [5, 5.41) is 16.0. The van der Waals surface area contributed by atoms with E-state index in [0.717, 1.165) is 33.7 Å². The zero-order chi connectivity index (χ0) is 23.1. The molecule has 1 amide bonds. The molecule has 33 heavy (non-hydrogen) atoms. The van der Waals surface area contributed by atoms with E-state index in [9.17, 15) is 4.79 Å². The van der Waals surface area contributed by atoms with E-state index in [1.54, 1.807) is 18.0 Å². The quantitative estimate of drug-likeness (QED) is 0.513. The van der Waals surface area contributed by atoms with Crippen molar-refractivity contribution in [3.63, 3.8) is 0 Å². The van der Waals surface area contributed by atoms with Crippen molar-refractivity contribution in [3.8, 4) is 23.0 Å². The van der Waals surface area contributed by atoms with Crippen LogP contribution in [-0.2, 0) is 4.79 Å². The molecule has 1 atom stereocenters. The maximum absolute atomic E-state index is 12.7. The van der Waals surface area contributed by atoms with Crippen molar-refractivity contribution in [2.45, 2.75) is 33.1 Å². The van der Waals surface area contributed by atoms with E-state index in [0.29, 0.717) is 23.9 Å². The molecule has 0 bridgehead atoms. The molecule has 1 unspecified atom stereocenters. The number of amides is 1. The smallest absolute Gasteiger partial charge is 0.272 e. The monoisotopic (exact) mass is 440 g/mol. The van der Waals surface area contributed by atoms with Gasteiger partial charge in [0.25, 0.3) is 5.95 Å². The fourth-order valence-corrected chi connectivity index (χ4v) is 4.48. The highest BCUT2D eigenvalue weighted by molar-refractivity contribution is 5.95. The molecule has 0 spiro atoms. The van der Waals surface area contributed by atoms with Crippen molar-refractivity contribution in [1.82, 2.24) is 25.0 Å². The van der Waals surface area contributed by atoms with E-state index in [1.807, 2.05) is 31.2 Å². The number of methoxy groups -OCH3 is 1. The molecule has 3 heterocycles. The van der Waals surface area contributed by atoms with E-state index in [1.165, 1.54) is 5.56 Å². The average molecular weight is 441 g/mol. The minimum absolute atomic E-state index is 0.0643. The van der Waals surface area contributed by atoms with Gasteiger partial charge in [0.15, 0.2) is 0 Å². The van der Waals surface area contributed by atoms with E-state index in [2.05, 4.69) is 52.5 Å². The number of rotatable bonds is 4. The summed E-state index contributed by atoms with van der Waals surface area (Å²) < 4.78 is 6.90. The maximum atomic E-state index is 12.7. The number of anilines is 1. The summed E-state index contributed by atoms with van der Waals surface area (Å²) in [5.41, 5.74) is 6.77. The Morgan fingerprint density at radius 1 is 1.12 bits per heavy atom. The third-order valence-corrected chi connectivity index (χ3v) is 6.01. The van der Waals surface area contributed by atoms with E-state index in [-0.39, 0.29) is 11.8 Å². The molecule has 0 radical (unpaired) electrons. The number of carbonyl (C=O) groups is 1. The molecule has 1 aliphatic heterocycles. The van der Waals surface area contributed by atoms with Gasteiger partial charge < -0.3 is 10.1 Å². The molecule has 0 saturated carbocycles. The zero-order valence-electron chi connectivity index (χ0n) is 19.0. The Labute approximate surface area is 191 Å². The standard InChI is InChI=1S/C25H24N6O2/c1-14-8-9-19(15(2)10-14)20-12-22(32)28-24-23(20)16(3)30-31(24)25-27-21(13-26-29-25)17-6-5-7-18(11-17)33-4/h5-11,13,20H,12H2,1-4H3,(H,28,32). The molecule has 4 aromatic rings. The number of hydrogen-bond acceptors (Lipinski definition) is 6. The molecule has 5 rings (SSSR count). The van der Waals surface area contributed by atoms with Crippen molar-refractivity contribution >= 4 is 11.7 Å². The van der Waals surface area contributed by atoms with Crippen LogP contribution in [0.25, 0.3) is 17.2 Å². The van der Waals surface area contributed by atoms with Gasteiger partial charge in [-0.25, -0.2) is 4.98 Å². The van der Waals surface area contributed by atoms with Gasteiger partial charge in [-0.05, 0) is 44.0 Å². The molecule has 0 saturated heterocycles. The Morgan fingerprint density at radius 3 is 2.76 bits per heavy atom. The molecule has 166 valence electrons. The van der Waals surface area contributed by atoms with Crippen LogP contribution in [0.15, 0.2) is 48.7 Å². The van der Waals surface area contributed by atoms with Crippen molar-refractivity contribution in [2.24, 2.45) is 0 Å². The lowest BCUT2D eigenvalue weighted by Crippen LogP contribution is -2.25. The molecular weight excluding hydrogens is 416 g/mol. The minimum atomic E-state index is -0.0855. The molecule has 0 aliphatic carbocycles. The Morgan fingerprint density at radius 2 is 1.97 bits per heavy atom. The van der Waals surface area contributed by atoms with Gasteiger partial charge in [0.1, 0.15) is 11.6 Å². The predicted octanol–water partition coefficient (Wildman–Crippen LogP) is 4.13. The Hall–Kier alpha value is -4.07. The lowest BCUT2D eigenvalue weighted by molar-refractivity contribution is -0.116. The largest absolute Gasteiger partial charge is 0.497 e. The number of nitrogens with one attached hydrogen (secondary N) is 1. The fourth-order valence-electron chi connectivity index (χ4n) is 4.48. The summed E-state index contributed by atoms with van der Waals surface area (Å²) in [6, 6.07) is 13.9. The summed E-state index contributed by atoms with van der Waals surface area (Å²) in [5.74, 6) is 1.46. The summed E-state index contributed by atoms with van der Waals surface area (Å²) >= 11 is 0. The maximum Gasteiger partial charge on any atom is 0.272 e. The normalized spacial score (nSPS) is 15.2. The summed E-state index contributed by atoms with van der Waals surface area (Å²) in [7, 11) is 1.62. The molecule has 0 fully saturated rings. The molecule has 2 aromatic carbocycles. The minimum Gasteiger partial charge on any atom is -0.497 e. The third kappa shape index (κ3) is 3.73. The van der Waals surface area contributed by atoms with Crippen molar-refractivity contribution < 1.29 is 9.53 Å². The van der Waals surface area contributed by atoms with Crippen LogP contribution in [0, 0.1) is 20.8 Å². The first-order chi connectivity index (χ1) is 15.9. The number of nitrogens with zero attached hydrogens (tertiary/aromatic N) is 5. The lowest BCUT2D eigenvalue weighted by Gasteiger charge is -2.25. The zero-order valence-corrected chi connectivity index (χ0v) is 19.0. The van der Waals surface area contributed by atoms with Crippen molar-refractivity contribution in [1.29, 1.82) is 0 Å². The summed E-state index contributed by atoms with van der Waals surface area (Å²) in [4.78, 5) is 17.4. The number of fused-ring (bicyclic) bond motifs is 1.